The number of phosphoric acid groups is 1. The number of quaternary nitrogens is 1. The highest BCUT2D eigenvalue weighted by Gasteiger charge is 2.23. The van der Waals surface area contributed by atoms with E-state index in [-0.39, 0.29) is 19.1 Å². The first kappa shape index (κ1) is 66.0. The van der Waals surface area contributed by atoms with Crippen LogP contribution in [0.5, 0.6) is 0 Å². The fraction of sp³-hybridized carbons (Fsp3) is 0.914. The van der Waals surface area contributed by atoms with E-state index < -0.39 is 20.0 Å². The van der Waals surface area contributed by atoms with Gasteiger partial charge in [0.2, 0.25) is 5.91 Å². The van der Waals surface area contributed by atoms with Crippen molar-refractivity contribution in [2.75, 3.05) is 40.9 Å². The molecule has 0 saturated carbocycles. The van der Waals surface area contributed by atoms with Crippen molar-refractivity contribution < 1.29 is 32.9 Å². The van der Waals surface area contributed by atoms with Crippen molar-refractivity contribution in [2.24, 2.45) is 0 Å². The van der Waals surface area contributed by atoms with Crippen LogP contribution < -0.4 is 10.2 Å². The van der Waals surface area contributed by atoms with Crippen molar-refractivity contribution >= 4 is 13.7 Å². The van der Waals surface area contributed by atoms with E-state index in [1.807, 2.05) is 27.2 Å². The van der Waals surface area contributed by atoms with Crippen LogP contribution >= 0.6 is 7.82 Å². The molecule has 0 rings (SSSR count). The second kappa shape index (κ2) is 49.9. The van der Waals surface area contributed by atoms with Gasteiger partial charge in [0.05, 0.1) is 39.9 Å². The number of rotatable bonds is 54. The molecule has 0 aliphatic rings. The predicted molar refractivity (Wildman–Crippen MR) is 289 cm³/mol. The van der Waals surface area contributed by atoms with Crippen LogP contribution in [0.4, 0.5) is 0 Å². The Morgan fingerprint density at radius 1 is 0.507 bits per heavy atom. The van der Waals surface area contributed by atoms with Crippen LogP contribution in [0.3, 0.4) is 0 Å². The zero-order valence-corrected chi connectivity index (χ0v) is 46.3. The van der Waals surface area contributed by atoms with Gasteiger partial charge in [0, 0.05) is 6.42 Å². The summed E-state index contributed by atoms with van der Waals surface area (Å²) >= 11 is 0. The van der Waals surface area contributed by atoms with Crippen LogP contribution in [0.2, 0.25) is 0 Å². The standard InChI is InChI=1S/C58H115N2O6P/c1-6-8-10-12-14-16-18-20-22-24-26-28-30-32-34-36-38-40-42-44-46-48-50-52-58(62)59-56(55-66-67(63,64)65-54-53-60(3,4)5)57(61)51-49-47-45-43-41-39-37-35-33-31-29-27-25-23-21-19-17-15-13-11-9-7-2/h32,34,49,51,56-57,61H,6-31,33,35-48,50,52-55H2,1-5H3,(H-,59,62,63,64)/b34-32-,51-49+. The van der Waals surface area contributed by atoms with Gasteiger partial charge in [-0.3, -0.25) is 9.36 Å². The number of unbranched alkanes of at least 4 members (excludes halogenated alkanes) is 39. The summed E-state index contributed by atoms with van der Waals surface area (Å²) in [6.07, 6.45) is 62.5. The number of hydrogen-bond donors (Lipinski definition) is 2. The highest BCUT2D eigenvalue weighted by molar-refractivity contribution is 7.45. The van der Waals surface area contributed by atoms with E-state index in [1.54, 1.807) is 6.08 Å². The van der Waals surface area contributed by atoms with E-state index in [4.69, 9.17) is 9.05 Å². The molecule has 0 aliphatic carbocycles. The number of nitrogens with zero attached hydrogens (tertiary/aromatic N) is 1. The molecule has 0 heterocycles. The fourth-order valence-electron chi connectivity index (χ4n) is 8.80. The number of allylic oxidation sites excluding steroid dienone is 3. The molecule has 9 heteroatoms. The molecule has 0 spiro atoms. The molecule has 3 unspecified atom stereocenters. The number of amides is 1. The molecule has 0 aromatic heterocycles. The molecule has 398 valence electrons. The van der Waals surface area contributed by atoms with E-state index in [1.165, 1.54) is 231 Å². The number of hydrogen-bond acceptors (Lipinski definition) is 6. The minimum absolute atomic E-state index is 0.000178. The third kappa shape index (κ3) is 52.6. The Kier molecular flexibility index (Phi) is 49.2. The van der Waals surface area contributed by atoms with Gasteiger partial charge < -0.3 is 28.8 Å². The summed E-state index contributed by atoms with van der Waals surface area (Å²) in [5.41, 5.74) is 0. The van der Waals surface area contributed by atoms with Crippen molar-refractivity contribution in [3.8, 4) is 0 Å². The monoisotopic (exact) mass is 967 g/mol. The van der Waals surface area contributed by atoms with Gasteiger partial charge in [0.25, 0.3) is 7.82 Å². The molecule has 3 atom stereocenters. The molecule has 67 heavy (non-hydrogen) atoms. The lowest BCUT2D eigenvalue weighted by Crippen LogP contribution is -2.45. The summed E-state index contributed by atoms with van der Waals surface area (Å²) in [6, 6.07) is -0.887. The third-order valence-electron chi connectivity index (χ3n) is 13.4. The van der Waals surface area contributed by atoms with Crippen molar-refractivity contribution in [3.63, 3.8) is 0 Å². The quantitative estimate of drug-likeness (QED) is 0.0272. The van der Waals surface area contributed by atoms with Crippen molar-refractivity contribution in [1.29, 1.82) is 0 Å². The van der Waals surface area contributed by atoms with E-state index in [0.717, 1.165) is 38.5 Å². The Bertz CT molecular complexity index is 1140. The highest BCUT2D eigenvalue weighted by atomic mass is 31.2. The molecule has 0 fully saturated rings. The van der Waals surface area contributed by atoms with Gasteiger partial charge in [-0.2, -0.15) is 0 Å². The van der Waals surface area contributed by atoms with Gasteiger partial charge >= 0.3 is 0 Å². The summed E-state index contributed by atoms with van der Waals surface area (Å²) in [5, 5.41) is 13.9. The average molecular weight is 968 g/mol. The fourth-order valence-corrected chi connectivity index (χ4v) is 9.52. The van der Waals surface area contributed by atoms with E-state index in [0.29, 0.717) is 17.4 Å². The topological polar surface area (TPSA) is 108 Å². The Balaban J connectivity index is 4.21. The second-order valence-electron chi connectivity index (χ2n) is 21.4. The van der Waals surface area contributed by atoms with Crippen LogP contribution in [0.15, 0.2) is 24.3 Å². The Labute approximate surface area is 417 Å². The maximum absolute atomic E-state index is 13.0. The predicted octanol–water partition coefficient (Wildman–Crippen LogP) is 17.0. The molecule has 2 N–H and O–H groups in total. The lowest BCUT2D eigenvalue weighted by molar-refractivity contribution is -0.870. The lowest BCUT2D eigenvalue weighted by Gasteiger charge is -2.29. The first-order chi connectivity index (χ1) is 32.5. The minimum Gasteiger partial charge on any atom is -0.756 e. The molecule has 0 bridgehead atoms. The molecule has 0 aliphatic heterocycles. The van der Waals surface area contributed by atoms with Crippen LogP contribution in [-0.2, 0) is 18.4 Å². The Morgan fingerprint density at radius 2 is 0.821 bits per heavy atom. The molecule has 8 nitrogen and oxygen atoms in total. The molecule has 0 aromatic carbocycles. The average Bonchev–Trinajstić information content (AvgIpc) is 3.29. The van der Waals surface area contributed by atoms with Gasteiger partial charge in [-0.05, 0) is 44.9 Å². The first-order valence-electron chi connectivity index (χ1n) is 29.2. The smallest absolute Gasteiger partial charge is 0.268 e. The summed E-state index contributed by atoms with van der Waals surface area (Å²) in [5.74, 6) is -0.197. The van der Waals surface area contributed by atoms with E-state index in [2.05, 4.69) is 31.3 Å². The molecular formula is C58H115N2O6P. The van der Waals surface area contributed by atoms with Crippen LogP contribution in [0, 0.1) is 0 Å². The molecular weight excluding hydrogens is 852 g/mol. The van der Waals surface area contributed by atoms with Gasteiger partial charge in [0.15, 0.2) is 0 Å². The first-order valence-corrected chi connectivity index (χ1v) is 30.7. The number of aliphatic hydroxyl groups is 1. The maximum atomic E-state index is 13.0. The van der Waals surface area contributed by atoms with Crippen LogP contribution in [-0.4, -0.2) is 68.5 Å². The number of carbonyl (C=O) groups is 1. The summed E-state index contributed by atoms with van der Waals surface area (Å²) in [7, 11) is 1.27. The number of carbonyl (C=O) groups excluding carboxylic acids is 1. The minimum atomic E-state index is -4.60. The lowest BCUT2D eigenvalue weighted by atomic mass is 10.0. The van der Waals surface area contributed by atoms with Gasteiger partial charge in [-0.1, -0.05) is 263 Å². The van der Waals surface area contributed by atoms with E-state index in [9.17, 15) is 19.4 Å². The number of phosphoric ester groups is 1. The number of aliphatic hydroxyl groups excluding tert-OH is 1. The van der Waals surface area contributed by atoms with E-state index >= 15 is 0 Å². The van der Waals surface area contributed by atoms with Gasteiger partial charge in [-0.15, -0.1) is 0 Å². The van der Waals surface area contributed by atoms with Crippen molar-refractivity contribution in [1.82, 2.24) is 5.32 Å². The van der Waals surface area contributed by atoms with Crippen LogP contribution in [0.25, 0.3) is 0 Å². The van der Waals surface area contributed by atoms with Gasteiger partial charge in [0.1, 0.15) is 13.2 Å². The van der Waals surface area contributed by atoms with Crippen molar-refractivity contribution in [2.45, 2.75) is 302 Å². The summed E-state index contributed by atoms with van der Waals surface area (Å²) in [4.78, 5) is 25.5. The Hall–Kier alpha value is -1.02. The number of nitrogens with one attached hydrogen (secondary N) is 1. The zero-order chi connectivity index (χ0) is 49.2. The van der Waals surface area contributed by atoms with Gasteiger partial charge in [-0.25, -0.2) is 0 Å². The summed E-state index contributed by atoms with van der Waals surface area (Å²) in [6.45, 7) is 4.69. The maximum Gasteiger partial charge on any atom is 0.268 e. The molecule has 0 saturated heterocycles. The van der Waals surface area contributed by atoms with Crippen molar-refractivity contribution in [3.05, 3.63) is 24.3 Å². The SMILES string of the molecule is CCCCCCCCCCCCCC/C=C\CCCCCCCCCC(=O)NC(COP(=O)([O-])OCC[N+](C)(C)C)C(O)/C=C/CCCCCCCCCCCCCCCCCCCCCC. The molecule has 0 aromatic rings. The number of likely N-dealkylation sites (N-methyl/N-ethyl adjacent to an activating group) is 1. The third-order valence-corrected chi connectivity index (χ3v) is 14.4. The molecule has 1 amide bonds. The Morgan fingerprint density at radius 3 is 1.16 bits per heavy atom. The normalized spacial score (nSPS) is 14.1. The largest absolute Gasteiger partial charge is 0.756 e. The second-order valence-corrected chi connectivity index (χ2v) is 22.8. The zero-order valence-electron chi connectivity index (χ0n) is 45.4. The molecule has 0 radical (unpaired) electrons. The highest BCUT2D eigenvalue weighted by Crippen LogP contribution is 2.38. The summed E-state index contributed by atoms with van der Waals surface area (Å²) < 4.78 is 23.4. The van der Waals surface area contributed by atoms with Crippen LogP contribution in [0.1, 0.15) is 290 Å².